The molecule has 0 unspecified atom stereocenters. The van der Waals surface area contributed by atoms with Gasteiger partial charge in [0, 0.05) is 12.0 Å². The lowest BCUT2D eigenvalue weighted by atomic mass is 9.99. The maximum atomic E-state index is 12.3. The van der Waals surface area contributed by atoms with Gasteiger partial charge in [-0.15, -0.1) is 6.58 Å². The van der Waals surface area contributed by atoms with E-state index in [0.29, 0.717) is 12.0 Å². The van der Waals surface area contributed by atoms with E-state index >= 15 is 0 Å². The maximum Gasteiger partial charge on any atom is 0.475 e. The van der Waals surface area contributed by atoms with Crippen LogP contribution in [0.2, 0.25) is 0 Å². The van der Waals surface area contributed by atoms with Crippen LogP contribution in [-0.4, -0.2) is 25.6 Å². The minimum atomic E-state index is -3.52. The molecule has 0 heterocycles. The number of hydrogen-bond donors (Lipinski definition) is 0. The van der Waals surface area contributed by atoms with E-state index in [9.17, 15) is 9.36 Å². The Labute approximate surface area is 150 Å². The SMILES string of the molecule is C=CCCCC(=O)c1ccccc1/C=C/COP(=O)(OCC)OCC. The van der Waals surface area contributed by atoms with Crippen LogP contribution in [0.25, 0.3) is 6.08 Å². The fourth-order valence-electron chi connectivity index (χ4n) is 2.18. The van der Waals surface area contributed by atoms with E-state index in [2.05, 4.69) is 6.58 Å². The number of rotatable bonds is 13. The van der Waals surface area contributed by atoms with Gasteiger partial charge in [0.05, 0.1) is 19.8 Å². The zero-order valence-electron chi connectivity index (χ0n) is 15.0. The smallest absolute Gasteiger partial charge is 0.294 e. The number of unbranched alkanes of at least 4 members (excludes halogenated alkanes) is 1. The molecule has 0 saturated heterocycles. The van der Waals surface area contributed by atoms with Gasteiger partial charge in [0.2, 0.25) is 0 Å². The highest BCUT2D eigenvalue weighted by molar-refractivity contribution is 7.48. The molecule has 1 rings (SSSR count). The zero-order chi connectivity index (χ0) is 18.5. The van der Waals surface area contributed by atoms with Crippen LogP contribution in [-0.2, 0) is 18.1 Å². The quantitative estimate of drug-likeness (QED) is 0.201. The van der Waals surface area contributed by atoms with Gasteiger partial charge in [-0.25, -0.2) is 4.57 Å². The second-order valence-corrected chi connectivity index (χ2v) is 6.84. The van der Waals surface area contributed by atoms with Crippen LogP contribution in [0.15, 0.2) is 43.0 Å². The maximum absolute atomic E-state index is 12.3. The first-order chi connectivity index (χ1) is 12.1. The van der Waals surface area contributed by atoms with Gasteiger partial charge in [-0.1, -0.05) is 42.5 Å². The lowest BCUT2D eigenvalue weighted by Gasteiger charge is -2.15. The summed E-state index contributed by atoms with van der Waals surface area (Å²) in [6.07, 6.45) is 7.38. The summed E-state index contributed by atoms with van der Waals surface area (Å²) in [6.45, 7) is 7.65. The summed E-state index contributed by atoms with van der Waals surface area (Å²) >= 11 is 0. The summed E-state index contributed by atoms with van der Waals surface area (Å²) < 4.78 is 27.5. The van der Waals surface area contributed by atoms with Gasteiger partial charge in [-0.3, -0.25) is 18.4 Å². The number of hydrogen-bond acceptors (Lipinski definition) is 5. The van der Waals surface area contributed by atoms with Crippen molar-refractivity contribution in [3.63, 3.8) is 0 Å². The number of benzene rings is 1. The van der Waals surface area contributed by atoms with Crippen molar-refractivity contribution in [2.75, 3.05) is 19.8 Å². The van der Waals surface area contributed by atoms with Crippen LogP contribution in [0, 0.1) is 0 Å². The molecule has 0 spiro atoms. The Hall–Kier alpha value is -1.52. The van der Waals surface area contributed by atoms with Gasteiger partial charge >= 0.3 is 7.82 Å². The Morgan fingerprint density at radius 1 is 1.16 bits per heavy atom. The molecule has 0 aliphatic rings. The van der Waals surface area contributed by atoms with Crippen LogP contribution in [0.5, 0.6) is 0 Å². The average molecular weight is 366 g/mol. The van der Waals surface area contributed by atoms with Crippen molar-refractivity contribution < 1.29 is 22.9 Å². The standard InChI is InChI=1S/C19H27O5P/c1-4-7-8-15-19(20)18-14-10-9-12-17(18)13-11-16-24-25(21,22-5-2)23-6-3/h4,9-14H,1,5-8,15-16H2,2-3H3/b13-11+. The molecule has 0 bridgehead atoms. The third-order valence-electron chi connectivity index (χ3n) is 3.27. The summed E-state index contributed by atoms with van der Waals surface area (Å²) in [5.74, 6) is 0.0947. The fourth-order valence-corrected chi connectivity index (χ4v) is 3.30. The highest BCUT2D eigenvalue weighted by atomic mass is 31.2. The third kappa shape index (κ3) is 7.93. The van der Waals surface area contributed by atoms with Gasteiger partial charge in [-0.2, -0.15) is 0 Å². The number of carbonyl (C=O) groups excluding carboxylic acids is 1. The molecule has 0 aliphatic carbocycles. The lowest BCUT2D eigenvalue weighted by Crippen LogP contribution is -2.02. The van der Waals surface area contributed by atoms with Gasteiger partial charge in [0.25, 0.3) is 0 Å². The molecule has 0 amide bonds. The second kappa shape index (κ2) is 11.9. The first-order valence-corrected chi connectivity index (χ1v) is 9.95. The van der Waals surface area contributed by atoms with E-state index in [1.165, 1.54) is 0 Å². The monoisotopic (exact) mass is 366 g/mol. The molecular weight excluding hydrogens is 339 g/mol. The van der Waals surface area contributed by atoms with Crippen molar-refractivity contribution in [3.05, 3.63) is 54.1 Å². The van der Waals surface area contributed by atoms with E-state index in [1.54, 1.807) is 26.0 Å². The molecule has 0 N–H and O–H groups in total. The second-order valence-electron chi connectivity index (χ2n) is 5.17. The first kappa shape index (κ1) is 21.5. The van der Waals surface area contributed by atoms with Crippen molar-refractivity contribution in [2.45, 2.75) is 33.1 Å². The fraction of sp³-hybridized carbons (Fsp3) is 0.421. The number of ketones is 1. The lowest BCUT2D eigenvalue weighted by molar-refractivity contribution is 0.0980. The van der Waals surface area contributed by atoms with Crippen molar-refractivity contribution in [1.82, 2.24) is 0 Å². The Balaban J connectivity index is 2.69. The Kier molecular flexibility index (Phi) is 10.3. The first-order valence-electron chi connectivity index (χ1n) is 8.49. The van der Waals surface area contributed by atoms with Crippen LogP contribution < -0.4 is 0 Å². The van der Waals surface area contributed by atoms with Crippen molar-refractivity contribution in [2.24, 2.45) is 0 Å². The van der Waals surface area contributed by atoms with E-state index in [-0.39, 0.29) is 25.6 Å². The summed E-state index contributed by atoms with van der Waals surface area (Å²) in [6, 6.07) is 7.38. The zero-order valence-corrected chi connectivity index (χ0v) is 15.9. The summed E-state index contributed by atoms with van der Waals surface area (Å²) in [4.78, 5) is 12.3. The van der Waals surface area contributed by atoms with Gasteiger partial charge < -0.3 is 0 Å². The molecule has 1 aromatic rings. The minimum absolute atomic E-state index is 0.0657. The third-order valence-corrected chi connectivity index (χ3v) is 4.89. The summed E-state index contributed by atoms with van der Waals surface area (Å²) in [5, 5.41) is 0. The normalized spacial score (nSPS) is 11.8. The van der Waals surface area contributed by atoms with Crippen molar-refractivity contribution in [3.8, 4) is 0 Å². The van der Waals surface area contributed by atoms with Crippen LogP contribution >= 0.6 is 7.82 Å². The van der Waals surface area contributed by atoms with E-state index in [0.717, 1.165) is 18.4 Å². The molecule has 0 saturated carbocycles. The number of allylic oxidation sites excluding steroid dienone is 1. The molecule has 0 aliphatic heterocycles. The summed E-state index contributed by atoms with van der Waals surface area (Å²) in [5.41, 5.74) is 1.47. The van der Waals surface area contributed by atoms with E-state index in [4.69, 9.17) is 13.6 Å². The topological polar surface area (TPSA) is 61.8 Å². The van der Waals surface area contributed by atoms with E-state index < -0.39 is 7.82 Å². The molecule has 138 valence electrons. The Morgan fingerprint density at radius 2 is 1.84 bits per heavy atom. The van der Waals surface area contributed by atoms with Crippen LogP contribution in [0.3, 0.4) is 0 Å². The predicted molar refractivity (Wildman–Crippen MR) is 101 cm³/mol. The van der Waals surface area contributed by atoms with Crippen molar-refractivity contribution >= 4 is 19.7 Å². The number of phosphoric acid groups is 1. The Bertz CT molecular complexity index is 614. The molecule has 1 aromatic carbocycles. The molecular formula is C19H27O5P. The number of phosphoric ester groups is 1. The predicted octanol–water partition coefficient (Wildman–Crippen LogP) is 5.44. The van der Waals surface area contributed by atoms with E-state index in [1.807, 2.05) is 30.3 Å². The average Bonchev–Trinajstić information content (AvgIpc) is 2.60. The highest BCUT2D eigenvalue weighted by Gasteiger charge is 2.24. The molecule has 6 heteroatoms. The molecule has 0 atom stereocenters. The molecule has 0 aromatic heterocycles. The van der Waals surface area contributed by atoms with Crippen LogP contribution in [0.4, 0.5) is 0 Å². The Morgan fingerprint density at radius 3 is 2.48 bits per heavy atom. The molecule has 0 fully saturated rings. The van der Waals surface area contributed by atoms with Crippen molar-refractivity contribution in [1.29, 1.82) is 0 Å². The molecule has 25 heavy (non-hydrogen) atoms. The van der Waals surface area contributed by atoms with Gasteiger partial charge in [-0.05, 0) is 32.3 Å². The van der Waals surface area contributed by atoms with Crippen LogP contribution in [0.1, 0.15) is 49.0 Å². The largest absolute Gasteiger partial charge is 0.475 e. The van der Waals surface area contributed by atoms with Gasteiger partial charge in [0.1, 0.15) is 0 Å². The number of carbonyl (C=O) groups is 1. The highest BCUT2D eigenvalue weighted by Crippen LogP contribution is 2.49. The summed E-state index contributed by atoms with van der Waals surface area (Å²) in [7, 11) is -3.52. The van der Waals surface area contributed by atoms with Gasteiger partial charge in [0.15, 0.2) is 5.78 Å². The number of Topliss-reactive ketones (excluding diaryl/α,β-unsaturated/α-hetero) is 1. The molecule has 0 radical (unpaired) electrons. The minimum Gasteiger partial charge on any atom is -0.294 e. The molecule has 5 nitrogen and oxygen atoms in total.